The van der Waals surface area contributed by atoms with Gasteiger partial charge in [0.2, 0.25) is 5.91 Å². The Hall–Kier alpha value is -2.02. The number of carbonyl (C=O) groups excluding carboxylic acids is 1. The SMILES string of the molecule is COc1ccc(OC2CCN(C(=O)C[C@@H]3C=CS(=O)(=O)C3)CC2)cc1. The van der Waals surface area contributed by atoms with Gasteiger partial charge in [0.1, 0.15) is 17.6 Å². The van der Waals surface area contributed by atoms with Gasteiger partial charge in [0.15, 0.2) is 9.84 Å². The maximum absolute atomic E-state index is 12.3. The highest BCUT2D eigenvalue weighted by Crippen LogP contribution is 2.24. The van der Waals surface area contributed by atoms with Crippen LogP contribution < -0.4 is 9.47 Å². The molecule has 1 aromatic carbocycles. The molecule has 1 amide bonds. The molecular formula is C18H23NO5S. The van der Waals surface area contributed by atoms with Crippen molar-refractivity contribution in [1.82, 2.24) is 4.90 Å². The number of nitrogens with zero attached hydrogens (tertiary/aromatic N) is 1. The molecule has 2 heterocycles. The fraction of sp³-hybridized carbons (Fsp3) is 0.500. The predicted molar refractivity (Wildman–Crippen MR) is 94.3 cm³/mol. The molecule has 1 fully saturated rings. The van der Waals surface area contributed by atoms with Crippen molar-refractivity contribution in [2.75, 3.05) is 26.0 Å². The molecule has 0 aliphatic carbocycles. The molecule has 6 nitrogen and oxygen atoms in total. The van der Waals surface area contributed by atoms with Gasteiger partial charge < -0.3 is 14.4 Å². The molecule has 2 aliphatic heterocycles. The largest absolute Gasteiger partial charge is 0.497 e. The Morgan fingerprint density at radius 1 is 1.16 bits per heavy atom. The first-order valence-electron chi connectivity index (χ1n) is 8.44. The van der Waals surface area contributed by atoms with Crippen molar-refractivity contribution in [1.29, 1.82) is 0 Å². The summed E-state index contributed by atoms with van der Waals surface area (Å²) in [4.78, 5) is 14.2. The van der Waals surface area contributed by atoms with Crippen molar-refractivity contribution in [3.63, 3.8) is 0 Å². The summed E-state index contributed by atoms with van der Waals surface area (Å²) in [7, 11) is -1.48. The van der Waals surface area contributed by atoms with E-state index < -0.39 is 9.84 Å². The molecule has 0 N–H and O–H groups in total. The van der Waals surface area contributed by atoms with Gasteiger partial charge in [-0.25, -0.2) is 8.42 Å². The van der Waals surface area contributed by atoms with Gasteiger partial charge in [0, 0.05) is 43.7 Å². The lowest BCUT2D eigenvalue weighted by atomic mass is 10.0. The number of amides is 1. The van der Waals surface area contributed by atoms with Crippen LogP contribution in [-0.2, 0) is 14.6 Å². The second kappa shape index (κ2) is 7.47. The van der Waals surface area contributed by atoms with Crippen molar-refractivity contribution in [2.45, 2.75) is 25.4 Å². The van der Waals surface area contributed by atoms with Crippen LogP contribution >= 0.6 is 0 Å². The van der Waals surface area contributed by atoms with Gasteiger partial charge in [0.05, 0.1) is 12.9 Å². The van der Waals surface area contributed by atoms with Gasteiger partial charge in [-0.1, -0.05) is 6.08 Å². The molecule has 3 rings (SSSR count). The van der Waals surface area contributed by atoms with E-state index in [1.807, 2.05) is 29.2 Å². The van der Waals surface area contributed by atoms with Gasteiger partial charge in [-0.3, -0.25) is 4.79 Å². The van der Waals surface area contributed by atoms with E-state index in [-0.39, 0.29) is 30.1 Å². The van der Waals surface area contributed by atoms with Crippen LogP contribution in [0.25, 0.3) is 0 Å². The van der Waals surface area contributed by atoms with Gasteiger partial charge in [-0.2, -0.15) is 0 Å². The maximum atomic E-state index is 12.3. The third kappa shape index (κ3) is 4.75. The standard InChI is InChI=1S/C18H23NO5S/c1-23-15-2-4-16(5-3-15)24-17-6-9-19(10-7-17)18(20)12-14-8-11-25(21,22)13-14/h2-5,8,11,14,17H,6-7,9-10,12-13H2,1H3/t14-/m0/s1. The Balaban J connectivity index is 1.45. The average Bonchev–Trinajstić information content (AvgIpc) is 2.94. The summed E-state index contributed by atoms with van der Waals surface area (Å²) in [6.45, 7) is 1.28. The van der Waals surface area contributed by atoms with Crippen LogP contribution in [0.15, 0.2) is 35.7 Å². The van der Waals surface area contributed by atoms with E-state index in [4.69, 9.17) is 9.47 Å². The summed E-state index contributed by atoms with van der Waals surface area (Å²) in [5, 5.41) is 1.22. The number of benzene rings is 1. The minimum absolute atomic E-state index is 0.0228. The number of hydrogen-bond acceptors (Lipinski definition) is 5. The Morgan fingerprint density at radius 3 is 2.36 bits per heavy atom. The first-order chi connectivity index (χ1) is 11.9. The smallest absolute Gasteiger partial charge is 0.223 e. The topological polar surface area (TPSA) is 72.9 Å². The Kier molecular flexibility index (Phi) is 5.32. The summed E-state index contributed by atoms with van der Waals surface area (Å²) in [5.41, 5.74) is 0. The molecule has 25 heavy (non-hydrogen) atoms. The number of piperidine rings is 1. The minimum atomic E-state index is -3.10. The quantitative estimate of drug-likeness (QED) is 0.798. The molecule has 0 saturated carbocycles. The number of ether oxygens (including phenoxy) is 2. The molecule has 0 radical (unpaired) electrons. The number of allylic oxidation sites excluding steroid dienone is 1. The van der Waals surface area contributed by atoms with Crippen LogP contribution in [-0.4, -0.2) is 51.3 Å². The fourth-order valence-electron chi connectivity index (χ4n) is 3.19. The van der Waals surface area contributed by atoms with E-state index in [1.54, 1.807) is 13.2 Å². The van der Waals surface area contributed by atoms with Crippen molar-refractivity contribution >= 4 is 15.7 Å². The number of likely N-dealkylation sites (tertiary alicyclic amines) is 1. The summed E-state index contributed by atoms with van der Waals surface area (Å²) in [5.74, 6) is 1.47. The van der Waals surface area contributed by atoms with Crippen LogP contribution in [0.4, 0.5) is 0 Å². The van der Waals surface area contributed by atoms with Crippen molar-refractivity contribution < 1.29 is 22.7 Å². The maximum Gasteiger partial charge on any atom is 0.223 e. The van der Waals surface area contributed by atoms with Crippen LogP contribution in [0.1, 0.15) is 19.3 Å². The van der Waals surface area contributed by atoms with Crippen LogP contribution in [0.3, 0.4) is 0 Å². The highest BCUT2D eigenvalue weighted by atomic mass is 32.2. The third-order valence-electron chi connectivity index (χ3n) is 4.60. The van der Waals surface area contributed by atoms with E-state index >= 15 is 0 Å². The number of hydrogen-bond donors (Lipinski definition) is 0. The fourth-order valence-corrected chi connectivity index (χ4v) is 4.59. The highest BCUT2D eigenvalue weighted by molar-refractivity contribution is 7.94. The molecular weight excluding hydrogens is 342 g/mol. The lowest BCUT2D eigenvalue weighted by Crippen LogP contribution is -2.42. The first kappa shape index (κ1) is 17.8. The van der Waals surface area contributed by atoms with Crippen LogP contribution in [0.5, 0.6) is 11.5 Å². The number of sulfone groups is 1. The number of rotatable bonds is 5. The molecule has 136 valence electrons. The zero-order valence-electron chi connectivity index (χ0n) is 14.3. The second-order valence-corrected chi connectivity index (χ2v) is 8.43. The van der Waals surface area contributed by atoms with E-state index in [0.29, 0.717) is 13.1 Å². The lowest BCUT2D eigenvalue weighted by Gasteiger charge is -2.32. The molecule has 0 bridgehead atoms. The molecule has 2 aliphatic rings. The summed E-state index contributed by atoms with van der Waals surface area (Å²) in [6.07, 6.45) is 3.53. The molecule has 7 heteroatoms. The van der Waals surface area contributed by atoms with Gasteiger partial charge in [0.25, 0.3) is 0 Å². The van der Waals surface area contributed by atoms with E-state index in [9.17, 15) is 13.2 Å². The Morgan fingerprint density at radius 2 is 1.80 bits per heavy atom. The summed E-state index contributed by atoms with van der Waals surface area (Å²) >= 11 is 0. The van der Waals surface area contributed by atoms with E-state index in [1.165, 1.54) is 5.41 Å². The first-order valence-corrected chi connectivity index (χ1v) is 10.2. The predicted octanol–water partition coefficient (Wildman–Crippen LogP) is 2.01. The highest BCUT2D eigenvalue weighted by Gasteiger charge is 2.28. The summed E-state index contributed by atoms with van der Waals surface area (Å²) < 4.78 is 33.9. The average molecular weight is 365 g/mol. The summed E-state index contributed by atoms with van der Waals surface area (Å²) in [6, 6.07) is 7.47. The molecule has 1 aromatic rings. The van der Waals surface area contributed by atoms with Gasteiger partial charge in [-0.05, 0) is 24.3 Å². The molecule has 1 saturated heterocycles. The molecule has 1 atom stereocenters. The molecule has 0 unspecified atom stereocenters. The Labute approximate surface area is 148 Å². The van der Waals surface area contributed by atoms with Gasteiger partial charge in [-0.15, -0.1) is 0 Å². The lowest BCUT2D eigenvalue weighted by molar-refractivity contribution is -0.133. The zero-order chi connectivity index (χ0) is 17.9. The van der Waals surface area contributed by atoms with Crippen molar-refractivity contribution in [2.24, 2.45) is 5.92 Å². The minimum Gasteiger partial charge on any atom is -0.497 e. The molecule has 0 spiro atoms. The Bertz CT molecular complexity index is 733. The van der Waals surface area contributed by atoms with Gasteiger partial charge >= 0.3 is 0 Å². The van der Waals surface area contributed by atoms with Crippen LogP contribution in [0, 0.1) is 5.92 Å². The normalized spacial score (nSPS) is 22.8. The van der Waals surface area contributed by atoms with Crippen LogP contribution in [0.2, 0.25) is 0 Å². The third-order valence-corrected chi connectivity index (χ3v) is 6.06. The second-order valence-electron chi connectivity index (χ2n) is 6.50. The van der Waals surface area contributed by atoms with Crippen molar-refractivity contribution in [3.8, 4) is 11.5 Å². The van der Waals surface area contributed by atoms with E-state index in [2.05, 4.69) is 0 Å². The number of carbonyl (C=O) groups is 1. The zero-order valence-corrected chi connectivity index (χ0v) is 15.1. The molecule has 0 aromatic heterocycles. The number of methoxy groups -OCH3 is 1. The van der Waals surface area contributed by atoms with E-state index in [0.717, 1.165) is 24.3 Å². The monoisotopic (exact) mass is 365 g/mol. The van der Waals surface area contributed by atoms with Crippen molar-refractivity contribution in [3.05, 3.63) is 35.7 Å².